The monoisotopic (exact) mass is 375 g/mol. The predicted molar refractivity (Wildman–Crippen MR) is 96.4 cm³/mol. The Bertz CT molecular complexity index is 621. The van der Waals surface area contributed by atoms with Gasteiger partial charge in [-0.15, -0.1) is 4.72 Å². The molecule has 0 spiro atoms. The Balaban J connectivity index is 2.52. The normalized spacial score (nSPS) is 24.2. The fraction of sp³-hybridized carbons (Fsp3) is 0.688. The summed E-state index contributed by atoms with van der Waals surface area (Å²) in [5, 5.41) is 10.6. The zero-order valence-corrected chi connectivity index (χ0v) is 16.3. The largest absolute Gasteiger partial charge is 0.598 e. The van der Waals surface area contributed by atoms with Crippen molar-refractivity contribution in [1.29, 1.82) is 0 Å². The molecule has 8 heteroatoms. The number of pyridine rings is 1. The van der Waals surface area contributed by atoms with Crippen molar-refractivity contribution in [2.75, 3.05) is 13.2 Å². The van der Waals surface area contributed by atoms with E-state index in [4.69, 9.17) is 22.1 Å². The first-order valence-corrected chi connectivity index (χ1v) is 9.46. The van der Waals surface area contributed by atoms with Crippen molar-refractivity contribution in [2.45, 2.75) is 56.9 Å². The molecule has 0 saturated heterocycles. The molecule has 6 nitrogen and oxygen atoms in total. The number of nitrogens with zero attached hydrogens (tertiary/aromatic N) is 1. The maximum Gasteiger partial charge on any atom is 0.171 e. The first-order chi connectivity index (χ1) is 11.0. The van der Waals surface area contributed by atoms with Gasteiger partial charge in [-0.25, -0.2) is 4.98 Å². The van der Waals surface area contributed by atoms with Crippen molar-refractivity contribution in [1.82, 2.24) is 9.71 Å². The summed E-state index contributed by atoms with van der Waals surface area (Å²) in [5.41, 5.74) is 4.82. The van der Waals surface area contributed by atoms with Crippen LogP contribution >= 0.6 is 11.6 Å². The maximum absolute atomic E-state index is 12.6. The highest BCUT2D eigenvalue weighted by Gasteiger charge is 2.47. The lowest BCUT2D eigenvalue weighted by molar-refractivity contribution is 0.0620. The average molecular weight is 376 g/mol. The number of nitrogens with two attached hydrogens (primary N) is 1. The molecular weight excluding hydrogens is 350 g/mol. The molecule has 0 fully saturated rings. The van der Waals surface area contributed by atoms with Crippen molar-refractivity contribution < 1.29 is 14.4 Å². The Hall–Kier alpha value is -0.570. The summed E-state index contributed by atoms with van der Waals surface area (Å²) in [5.74, 6) is 0.466. The topological polar surface area (TPSA) is 103 Å². The van der Waals surface area contributed by atoms with Crippen molar-refractivity contribution in [2.24, 2.45) is 5.73 Å². The van der Waals surface area contributed by atoms with E-state index in [9.17, 15) is 9.66 Å². The Morgan fingerprint density at radius 2 is 2.12 bits per heavy atom. The summed E-state index contributed by atoms with van der Waals surface area (Å²) >= 11 is 4.97. The minimum Gasteiger partial charge on any atom is -0.598 e. The van der Waals surface area contributed by atoms with Crippen LogP contribution in [-0.2, 0) is 22.5 Å². The zero-order chi connectivity index (χ0) is 18.3. The highest BCUT2D eigenvalue weighted by molar-refractivity contribution is 7.90. The molecule has 2 heterocycles. The molecule has 24 heavy (non-hydrogen) atoms. The van der Waals surface area contributed by atoms with Crippen LogP contribution in [0.2, 0.25) is 5.15 Å². The van der Waals surface area contributed by atoms with E-state index in [1.807, 2.05) is 27.7 Å². The molecular formula is C16H26ClN3O3S. The number of halogens is 1. The molecule has 2 rings (SSSR count). The van der Waals surface area contributed by atoms with E-state index in [1.54, 1.807) is 13.0 Å². The standard InChI is InChI=1S/C16H26ClN3O3S/c1-6-16(20-24(22)14(2,3)4)9-23-12-10(16)7-11(19-13(12)17)15(5,21)8-18/h7,20-21H,6,8-9,18H2,1-5H3. The van der Waals surface area contributed by atoms with Gasteiger partial charge in [-0.05, 0) is 40.2 Å². The lowest BCUT2D eigenvalue weighted by Crippen LogP contribution is -2.52. The smallest absolute Gasteiger partial charge is 0.171 e. The fourth-order valence-electron chi connectivity index (χ4n) is 2.43. The highest BCUT2D eigenvalue weighted by Crippen LogP contribution is 2.45. The van der Waals surface area contributed by atoms with E-state index < -0.39 is 27.2 Å². The molecule has 1 aliphatic heterocycles. The van der Waals surface area contributed by atoms with Crippen LogP contribution in [-0.4, -0.2) is 32.5 Å². The first kappa shape index (κ1) is 19.8. The van der Waals surface area contributed by atoms with Gasteiger partial charge in [-0.1, -0.05) is 18.5 Å². The summed E-state index contributed by atoms with van der Waals surface area (Å²) in [7, 11) is 0. The molecule has 3 atom stereocenters. The van der Waals surface area contributed by atoms with Gasteiger partial charge >= 0.3 is 0 Å². The molecule has 0 radical (unpaired) electrons. The fourth-order valence-corrected chi connectivity index (χ4v) is 3.65. The van der Waals surface area contributed by atoms with Crippen LogP contribution in [0.1, 0.15) is 52.3 Å². The molecule has 1 aliphatic rings. The molecule has 0 aromatic carbocycles. The Kier molecular flexibility index (Phi) is 5.45. The van der Waals surface area contributed by atoms with E-state index in [1.165, 1.54) is 0 Å². The van der Waals surface area contributed by atoms with Crippen molar-refractivity contribution in [3.05, 3.63) is 22.5 Å². The molecule has 3 unspecified atom stereocenters. The van der Waals surface area contributed by atoms with Crippen molar-refractivity contribution >= 4 is 23.0 Å². The number of ether oxygens (including phenoxy) is 1. The van der Waals surface area contributed by atoms with Crippen LogP contribution in [0.15, 0.2) is 6.07 Å². The minimum absolute atomic E-state index is 0.0104. The van der Waals surface area contributed by atoms with Crippen molar-refractivity contribution in [3.63, 3.8) is 0 Å². The third kappa shape index (κ3) is 3.52. The third-order valence-corrected chi connectivity index (χ3v) is 6.25. The molecule has 0 amide bonds. The molecule has 0 saturated carbocycles. The number of fused-ring (bicyclic) bond motifs is 1. The molecule has 1 aromatic heterocycles. The van der Waals surface area contributed by atoms with Crippen LogP contribution in [0.25, 0.3) is 0 Å². The van der Waals surface area contributed by atoms with E-state index >= 15 is 0 Å². The lowest BCUT2D eigenvalue weighted by Gasteiger charge is -2.33. The van der Waals surface area contributed by atoms with E-state index in [2.05, 4.69) is 9.71 Å². The number of rotatable bonds is 5. The van der Waals surface area contributed by atoms with Crippen LogP contribution in [0.4, 0.5) is 0 Å². The summed E-state index contributed by atoms with van der Waals surface area (Å²) in [6, 6.07) is 1.75. The van der Waals surface area contributed by atoms with Gasteiger partial charge in [-0.3, -0.25) is 0 Å². The van der Waals surface area contributed by atoms with Crippen LogP contribution in [0.3, 0.4) is 0 Å². The van der Waals surface area contributed by atoms with Crippen molar-refractivity contribution in [3.8, 4) is 5.75 Å². The second-order valence-electron chi connectivity index (χ2n) is 7.36. The van der Waals surface area contributed by atoms with Crippen LogP contribution in [0.5, 0.6) is 5.75 Å². The Morgan fingerprint density at radius 1 is 1.50 bits per heavy atom. The number of aromatic nitrogens is 1. The second kappa shape index (κ2) is 6.63. The molecule has 136 valence electrons. The van der Waals surface area contributed by atoms with Crippen LogP contribution in [0, 0.1) is 0 Å². The molecule has 0 bridgehead atoms. The van der Waals surface area contributed by atoms with Gasteiger partial charge in [0, 0.05) is 23.5 Å². The summed E-state index contributed by atoms with van der Waals surface area (Å²) < 4.78 is 21.2. The summed E-state index contributed by atoms with van der Waals surface area (Å²) in [6.07, 6.45) is 0.645. The van der Waals surface area contributed by atoms with E-state index in [0.29, 0.717) is 24.5 Å². The highest BCUT2D eigenvalue weighted by atomic mass is 35.5. The number of aliphatic hydroxyl groups is 1. The number of hydrogen-bond acceptors (Lipinski definition) is 6. The molecule has 4 N–H and O–H groups in total. The Morgan fingerprint density at radius 3 is 2.62 bits per heavy atom. The van der Waals surface area contributed by atoms with Gasteiger partial charge in [-0.2, -0.15) is 0 Å². The zero-order valence-electron chi connectivity index (χ0n) is 14.8. The van der Waals surface area contributed by atoms with Gasteiger partial charge in [0.1, 0.15) is 22.5 Å². The first-order valence-electron chi connectivity index (χ1n) is 7.93. The Labute approximate surface area is 151 Å². The molecule has 1 aromatic rings. The van der Waals surface area contributed by atoms with E-state index in [0.717, 1.165) is 5.56 Å². The molecule has 0 aliphatic carbocycles. The summed E-state index contributed by atoms with van der Waals surface area (Å²) in [4.78, 5) is 4.22. The lowest BCUT2D eigenvalue weighted by atomic mass is 9.89. The average Bonchev–Trinajstić information content (AvgIpc) is 2.86. The quantitative estimate of drug-likeness (QED) is 0.536. The van der Waals surface area contributed by atoms with Crippen LogP contribution < -0.4 is 15.2 Å². The minimum atomic E-state index is -1.30. The van der Waals surface area contributed by atoms with Gasteiger partial charge in [0.25, 0.3) is 0 Å². The van der Waals surface area contributed by atoms with Gasteiger partial charge in [0.05, 0.1) is 5.69 Å². The maximum atomic E-state index is 12.6. The van der Waals surface area contributed by atoms with Gasteiger partial charge < -0.3 is 20.1 Å². The second-order valence-corrected chi connectivity index (χ2v) is 9.68. The van der Waals surface area contributed by atoms with Gasteiger partial charge in [0.2, 0.25) is 0 Å². The predicted octanol–water partition coefficient (Wildman–Crippen LogP) is 1.95. The number of nitrogens with one attached hydrogen (secondary N) is 1. The number of hydrogen-bond donors (Lipinski definition) is 3. The van der Waals surface area contributed by atoms with Gasteiger partial charge in [0.15, 0.2) is 10.9 Å². The van der Waals surface area contributed by atoms with E-state index in [-0.39, 0.29) is 11.7 Å². The SMILES string of the molecule is CCC1(N[S+]([O-])C(C)(C)C)COc2c1cc(C(C)(O)CN)nc2Cl. The third-order valence-electron chi connectivity index (χ3n) is 4.31. The summed E-state index contributed by atoms with van der Waals surface area (Å²) in [6.45, 7) is 9.59.